The molecule has 0 heterocycles. The average molecular weight is 217 g/mol. The van der Waals surface area contributed by atoms with Crippen LogP contribution < -0.4 is 0 Å². The summed E-state index contributed by atoms with van der Waals surface area (Å²) in [5.41, 5.74) is 1.07. The normalized spacial score (nSPS) is 10.0. The number of hydrogen-bond acceptors (Lipinski definition) is 2. The minimum atomic E-state index is -0.548. The summed E-state index contributed by atoms with van der Waals surface area (Å²) in [4.78, 5) is 11.2. The van der Waals surface area contributed by atoms with Crippen LogP contribution in [0.3, 0.4) is 0 Å². The highest BCUT2D eigenvalue weighted by Gasteiger charge is 2.13. The molecule has 1 aromatic carbocycles. The number of alkyl halides is 1. The van der Waals surface area contributed by atoms with Gasteiger partial charge in [0.1, 0.15) is 5.82 Å². The molecule has 14 heavy (non-hydrogen) atoms. The van der Waals surface area contributed by atoms with Crippen LogP contribution in [0.4, 0.5) is 4.39 Å². The van der Waals surface area contributed by atoms with E-state index >= 15 is 0 Å². The third kappa shape index (κ3) is 2.04. The van der Waals surface area contributed by atoms with Gasteiger partial charge in [-0.15, -0.1) is 11.6 Å². The van der Waals surface area contributed by atoms with E-state index in [2.05, 4.69) is 4.74 Å². The highest BCUT2D eigenvalue weighted by atomic mass is 35.5. The van der Waals surface area contributed by atoms with Crippen molar-refractivity contribution in [2.75, 3.05) is 7.11 Å². The first kappa shape index (κ1) is 11.0. The van der Waals surface area contributed by atoms with E-state index in [9.17, 15) is 9.18 Å². The van der Waals surface area contributed by atoms with E-state index in [0.717, 1.165) is 0 Å². The minimum Gasteiger partial charge on any atom is -0.465 e. The Kier molecular flexibility index (Phi) is 3.47. The Morgan fingerprint density at radius 1 is 1.57 bits per heavy atom. The lowest BCUT2D eigenvalue weighted by molar-refractivity contribution is 0.0599. The van der Waals surface area contributed by atoms with Crippen LogP contribution in [0.1, 0.15) is 21.5 Å². The number of halogens is 2. The van der Waals surface area contributed by atoms with Crippen molar-refractivity contribution in [3.63, 3.8) is 0 Å². The largest absolute Gasteiger partial charge is 0.465 e. The number of ether oxygens (including phenoxy) is 1. The summed E-state index contributed by atoms with van der Waals surface area (Å²) < 4.78 is 17.8. The number of carbonyl (C=O) groups excluding carboxylic acids is 1. The Morgan fingerprint density at radius 2 is 2.21 bits per heavy atom. The van der Waals surface area contributed by atoms with Gasteiger partial charge in [-0.25, -0.2) is 9.18 Å². The maximum Gasteiger partial charge on any atom is 0.338 e. The molecule has 0 atom stereocenters. The van der Waals surface area contributed by atoms with Crippen LogP contribution in [0.15, 0.2) is 12.1 Å². The second-order valence-corrected chi connectivity index (χ2v) is 3.14. The summed E-state index contributed by atoms with van der Waals surface area (Å²) >= 11 is 5.55. The predicted octanol–water partition coefficient (Wildman–Crippen LogP) is 2.66. The van der Waals surface area contributed by atoms with Crippen molar-refractivity contribution in [2.24, 2.45) is 0 Å². The summed E-state index contributed by atoms with van der Waals surface area (Å²) in [6.45, 7) is 1.53. The van der Waals surface area contributed by atoms with E-state index in [4.69, 9.17) is 11.6 Å². The summed E-state index contributed by atoms with van der Waals surface area (Å²) in [6.07, 6.45) is 0. The van der Waals surface area contributed by atoms with Gasteiger partial charge in [-0.2, -0.15) is 0 Å². The topological polar surface area (TPSA) is 26.3 Å². The molecule has 0 N–H and O–H groups in total. The van der Waals surface area contributed by atoms with E-state index in [-0.39, 0.29) is 17.0 Å². The molecule has 0 amide bonds. The van der Waals surface area contributed by atoms with Crippen molar-refractivity contribution in [2.45, 2.75) is 12.8 Å². The highest BCUT2D eigenvalue weighted by molar-refractivity contribution is 6.17. The van der Waals surface area contributed by atoms with Crippen molar-refractivity contribution in [1.29, 1.82) is 0 Å². The van der Waals surface area contributed by atoms with E-state index in [1.54, 1.807) is 0 Å². The molecule has 0 aliphatic heterocycles. The quantitative estimate of drug-likeness (QED) is 0.561. The number of carbonyl (C=O) groups is 1. The van der Waals surface area contributed by atoms with E-state index < -0.39 is 11.8 Å². The predicted molar refractivity (Wildman–Crippen MR) is 52.0 cm³/mol. The van der Waals surface area contributed by atoms with Gasteiger partial charge in [0.25, 0.3) is 0 Å². The van der Waals surface area contributed by atoms with Crippen molar-refractivity contribution < 1.29 is 13.9 Å². The summed E-state index contributed by atoms with van der Waals surface area (Å²) in [6, 6.07) is 2.85. The molecular weight excluding hydrogens is 207 g/mol. The molecule has 1 rings (SSSR count). The zero-order chi connectivity index (χ0) is 10.7. The third-order valence-corrected chi connectivity index (χ3v) is 2.27. The molecule has 4 heteroatoms. The molecule has 0 fully saturated rings. The van der Waals surface area contributed by atoms with Gasteiger partial charge in [0, 0.05) is 5.88 Å². The van der Waals surface area contributed by atoms with Crippen LogP contribution in [0.5, 0.6) is 0 Å². The molecular formula is C10H10ClFO2. The fourth-order valence-corrected chi connectivity index (χ4v) is 1.29. The van der Waals surface area contributed by atoms with Crippen molar-refractivity contribution in [1.82, 2.24) is 0 Å². The Bertz CT molecular complexity index is 363. The molecule has 76 valence electrons. The third-order valence-electron chi connectivity index (χ3n) is 1.96. The fourth-order valence-electron chi connectivity index (χ4n) is 1.13. The SMILES string of the molecule is COC(=O)c1cc(CCl)cc(F)c1C. The zero-order valence-electron chi connectivity index (χ0n) is 7.93. The first-order valence-corrected chi connectivity index (χ1v) is 4.57. The van der Waals surface area contributed by atoms with Crippen LogP contribution in [-0.4, -0.2) is 13.1 Å². The maximum absolute atomic E-state index is 13.3. The van der Waals surface area contributed by atoms with Gasteiger partial charge < -0.3 is 4.74 Å². The van der Waals surface area contributed by atoms with Crippen LogP contribution in [0, 0.1) is 12.7 Å². The van der Waals surface area contributed by atoms with Gasteiger partial charge in [-0.05, 0) is 30.2 Å². The van der Waals surface area contributed by atoms with Gasteiger partial charge in [0.05, 0.1) is 12.7 Å². The number of esters is 1. The molecule has 1 aromatic rings. The molecule has 0 unspecified atom stereocenters. The molecule has 0 spiro atoms. The molecule has 0 radical (unpaired) electrons. The smallest absolute Gasteiger partial charge is 0.338 e. The first-order valence-electron chi connectivity index (χ1n) is 4.03. The Balaban J connectivity index is 3.27. The monoisotopic (exact) mass is 216 g/mol. The molecule has 0 saturated heterocycles. The number of rotatable bonds is 2. The summed E-state index contributed by atoms with van der Waals surface area (Å²) in [7, 11) is 1.26. The molecule has 2 nitrogen and oxygen atoms in total. The minimum absolute atomic E-state index is 0.168. The van der Waals surface area contributed by atoms with Gasteiger partial charge in [-0.3, -0.25) is 0 Å². The Morgan fingerprint density at radius 3 is 2.71 bits per heavy atom. The lowest BCUT2D eigenvalue weighted by Crippen LogP contribution is -2.06. The molecule has 0 aromatic heterocycles. The van der Waals surface area contributed by atoms with Crippen molar-refractivity contribution >= 4 is 17.6 Å². The molecule has 0 saturated carbocycles. The Hall–Kier alpha value is -1.09. The van der Waals surface area contributed by atoms with E-state index in [1.165, 1.54) is 26.2 Å². The van der Waals surface area contributed by atoms with Crippen LogP contribution in [0.2, 0.25) is 0 Å². The summed E-state index contributed by atoms with van der Waals surface area (Å²) in [5.74, 6) is -0.821. The molecule has 0 bridgehead atoms. The van der Waals surface area contributed by atoms with Gasteiger partial charge in [0.15, 0.2) is 0 Å². The van der Waals surface area contributed by atoms with Gasteiger partial charge in [-0.1, -0.05) is 0 Å². The van der Waals surface area contributed by atoms with E-state index in [1.807, 2.05) is 0 Å². The van der Waals surface area contributed by atoms with Crippen molar-refractivity contribution in [3.05, 3.63) is 34.6 Å². The highest BCUT2D eigenvalue weighted by Crippen LogP contribution is 2.17. The fraction of sp³-hybridized carbons (Fsp3) is 0.300. The Labute approximate surface area is 86.6 Å². The first-order chi connectivity index (χ1) is 6.60. The second-order valence-electron chi connectivity index (χ2n) is 2.88. The number of benzene rings is 1. The molecule has 0 aliphatic rings. The maximum atomic E-state index is 13.3. The van der Waals surface area contributed by atoms with Crippen LogP contribution >= 0.6 is 11.6 Å². The van der Waals surface area contributed by atoms with E-state index in [0.29, 0.717) is 5.56 Å². The van der Waals surface area contributed by atoms with Gasteiger partial charge >= 0.3 is 5.97 Å². The zero-order valence-corrected chi connectivity index (χ0v) is 8.69. The number of hydrogen-bond donors (Lipinski definition) is 0. The lowest BCUT2D eigenvalue weighted by atomic mass is 10.1. The van der Waals surface area contributed by atoms with Crippen LogP contribution in [0.25, 0.3) is 0 Å². The van der Waals surface area contributed by atoms with Crippen LogP contribution in [-0.2, 0) is 10.6 Å². The van der Waals surface area contributed by atoms with Gasteiger partial charge in [0.2, 0.25) is 0 Å². The summed E-state index contributed by atoms with van der Waals surface area (Å²) in [5, 5.41) is 0. The van der Waals surface area contributed by atoms with Crippen molar-refractivity contribution in [3.8, 4) is 0 Å². The second kappa shape index (κ2) is 4.42. The molecule has 0 aliphatic carbocycles. The average Bonchev–Trinajstić information content (AvgIpc) is 2.20. The number of methoxy groups -OCH3 is 1. The standard InChI is InChI=1S/C10H10ClFO2/c1-6-8(10(13)14-2)3-7(5-11)4-9(6)12/h3-4H,5H2,1-2H3. The lowest BCUT2D eigenvalue weighted by Gasteiger charge is -2.06.